The third-order valence-electron chi connectivity index (χ3n) is 5.55. The minimum absolute atomic E-state index is 0. The molecule has 0 unspecified atom stereocenters. The van der Waals surface area contributed by atoms with E-state index in [0.29, 0.717) is 0 Å². The Bertz CT molecular complexity index is 1070. The van der Waals surface area contributed by atoms with E-state index >= 15 is 0 Å². The molecule has 0 aliphatic carbocycles. The summed E-state index contributed by atoms with van der Waals surface area (Å²) in [5.74, 6) is 0. The Morgan fingerprint density at radius 3 is 2.62 bits per heavy atom. The Hall–Kier alpha value is -2.14. The molecule has 150 valence electrons. The molecule has 0 spiro atoms. The number of aryl methyl sites for hydroxylation is 2. The van der Waals surface area contributed by atoms with Gasteiger partial charge < -0.3 is 28.9 Å². The SMILES string of the molecule is CCCC[n+]1ccc(/C=C2\C=Cc3ccccc3N2CC)c2cc(C)ccc21.[I-]. The molecule has 2 nitrogen and oxygen atoms in total. The number of para-hydroxylation sites is 1. The zero-order chi connectivity index (χ0) is 19.5. The number of fused-ring (bicyclic) bond motifs is 2. The Kier molecular flexibility index (Phi) is 7.12. The van der Waals surface area contributed by atoms with Gasteiger partial charge in [-0.05, 0) is 49.3 Å². The van der Waals surface area contributed by atoms with E-state index < -0.39 is 0 Å². The second-order valence-electron chi connectivity index (χ2n) is 7.54. The van der Waals surface area contributed by atoms with Gasteiger partial charge in [0.05, 0.1) is 5.39 Å². The van der Waals surface area contributed by atoms with Crippen molar-refractivity contribution in [2.45, 2.75) is 40.2 Å². The molecule has 29 heavy (non-hydrogen) atoms. The number of halogens is 1. The molecule has 4 rings (SSSR count). The van der Waals surface area contributed by atoms with Gasteiger partial charge in [0.2, 0.25) is 5.52 Å². The highest BCUT2D eigenvalue weighted by Gasteiger charge is 2.17. The summed E-state index contributed by atoms with van der Waals surface area (Å²) in [4.78, 5) is 2.40. The molecule has 0 saturated heterocycles. The molecular weight excluding hydrogens is 467 g/mol. The summed E-state index contributed by atoms with van der Waals surface area (Å²) in [6.45, 7) is 8.66. The number of unbranched alkanes of at least 4 members (excludes halogenated alkanes) is 1. The van der Waals surface area contributed by atoms with Crippen molar-refractivity contribution < 1.29 is 28.5 Å². The minimum Gasteiger partial charge on any atom is -1.00 e. The van der Waals surface area contributed by atoms with Gasteiger partial charge in [-0.15, -0.1) is 0 Å². The number of allylic oxidation sites excluding steroid dienone is 1. The molecule has 2 aromatic carbocycles. The summed E-state index contributed by atoms with van der Waals surface area (Å²) in [6, 6.07) is 17.7. The van der Waals surface area contributed by atoms with Gasteiger partial charge in [-0.3, -0.25) is 0 Å². The third-order valence-corrected chi connectivity index (χ3v) is 5.55. The van der Waals surface area contributed by atoms with Crippen molar-refractivity contribution in [2.75, 3.05) is 11.4 Å². The van der Waals surface area contributed by atoms with Crippen LogP contribution < -0.4 is 33.4 Å². The van der Waals surface area contributed by atoms with Crippen LogP contribution in [0.5, 0.6) is 0 Å². The summed E-state index contributed by atoms with van der Waals surface area (Å²) < 4.78 is 2.39. The summed E-state index contributed by atoms with van der Waals surface area (Å²) in [5.41, 5.74) is 7.72. The van der Waals surface area contributed by atoms with Crippen molar-refractivity contribution in [1.82, 2.24) is 0 Å². The van der Waals surface area contributed by atoms with Crippen molar-refractivity contribution >= 4 is 28.7 Å². The maximum atomic E-state index is 2.40. The number of pyridine rings is 1. The molecule has 3 heteroatoms. The molecule has 1 aromatic heterocycles. The van der Waals surface area contributed by atoms with Crippen molar-refractivity contribution in [1.29, 1.82) is 0 Å². The Balaban J connectivity index is 0.00000240. The fourth-order valence-corrected chi connectivity index (χ4v) is 4.04. The van der Waals surface area contributed by atoms with Crippen LogP contribution in [0.2, 0.25) is 0 Å². The number of benzene rings is 2. The molecule has 2 heterocycles. The highest BCUT2D eigenvalue weighted by molar-refractivity contribution is 5.89. The number of aromatic nitrogens is 1. The number of nitrogens with zero attached hydrogens (tertiary/aromatic N) is 2. The maximum Gasteiger partial charge on any atom is 0.213 e. The fourth-order valence-electron chi connectivity index (χ4n) is 4.04. The van der Waals surface area contributed by atoms with Gasteiger partial charge in [-0.2, -0.15) is 4.57 Å². The predicted octanol–water partition coefficient (Wildman–Crippen LogP) is 3.13. The number of rotatable bonds is 5. The summed E-state index contributed by atoms with van der Waals surface area (Å²) in [6.07, 6.45) is 11.5. The number of hydrogen-bond acceptors (Lipinski definition) is 1. The second-order valence-corrected chi connectivity index (χ2v) is 7.54. The fraction of sp³-hybridized carbons (Fsp3) is 0.269. The lowest BCUT2D eigenvalue weighted by Crippen LogP contribution is -3.00. The number of likely N-dealkylation sites (N-methyl/N-ethyl adjacent to an activating group) is 1. The lowest BCUT2D eigenvalue weighted by Gasteiger charge is -2.29. The Morgan fingerprint density at radius 2 is 1.83 bits per heavy atom. The van der Waals surface area contributed by atoms with Crippen molar-refractivity contribution in [3.63, 3.8) is 0 Å². The quantitative estimate of drug-likeness (QED) is 0.389. The van der Waals surface area contributed by atoms with E-state index in [2.05, 4.69) is 103 Å². The van der Waals surface area contributed by atoms with Crippen LogP contribution in [-0.4, -0.2) is 6.54 Å². The molecule has 0 bridgehead atoms. The van der Waals surface area contributed by atoms with Crippen LogP contribution in [-0.2, 0) is 6.54 Å². The van der Waals surface area contributed by atoms with Gasteiger partial charge in [0.1, 0.15) is 6.54 Å². The van der Waals surface area contributed by atoms with E-state index in [0.717, 1.165) is 13.1 Å². The van der Waals surface area contributed by atoms with Gasteiger partial charge in [-0.25, -0.2) is 0 Å². The Labute approximate surface area is 191 Å². The maximum absolute atomic E-state index is 2.40. The number of hydrogen-bond donors (Lipinski definition) is 0. The highest BCUT2D eigenvalue weighted by Crippen LogP contribution is 2.32. The van der Waals surface area contributed by atoms with Gasteiger partial charge in [0, 0.05) is 36.5 Å². The second kappa shape index (κ2) is 9.57. The van der Waals surface area contributed by atoms with E-state index in [1.807, 2.05) is 0 Å². The normalized spacial score (nSPS) is 14.2. The molecule has 3 aromatic rings. The van der Waals surface area contributed by atoms with E-state index in [1.54, 1.807) is 0 Å². The molecule has 0 atom stereocenters. The Morgan fingerprint density at radius 1 is 1.00 bits per heavy atom. The lowest BCUT2D eigenvalue weighted by molar-refractivity contribution is -0.671. The van der Waals surface area contributed by atoms with E-state index in [9.17, 15) is 0 Å². The molecule has 0 fully saturated rings. The monoisotopic (exact) mass is 496 g/mol. The summed E-state index contributed by atoms with van der Waals surface area (Å²) in [5, 5.41) is 1.33. The van der Waals surface area contributed by atoms with Crippen LogP contribution in [0.3, 0.4) is 0 Å². The molecule has 0 radical (unpaired) electrons. The van der Waals surface area contributed by atoms with E-state index in [-0.39, 0.29) is 24.0 Å². The van der Waals surface area contributed by atoms with Gasteiger partial charge in [0.25, 0.3) is 0 Å². The first-order valence-electron chi connectivity index (χ1n) is 10.4. The zero-order valence-electron chi connectivity index (χ0n) is 17.5. The zero-order valence-corrected chi connectivity index (χ0v) is 19.7. The largest absolute Gasteiger partial charge is 1.00 e. The smallest absolute Gasteiger partial charge is 0.213 e. The first-order chi connectivity index (χ1) is 13.7. The van der Waals surface area contributed by atoms with Crippen LogP contribution in [0, 0.1) is 6.92 Å². The van der Waals surface area contributed by atoms with Gasteiger partial charge >= 0.3 is 0 Å². The molecular formula is C26H29IN2. The lowest BCUT2D eigenvalue weighted by atomic mass is 10.0. The molecule has 0 amide bonds. The topological polar surface area (TPSA) is 7.12 Å². The first kappa shape index (κ1) is 21.6. The first-order valence-corrected chi connectivity index (χ1v) is 10.4. The average molecular weight is 496 g/mol. The molecule has 0 saturated carbocycles. The van der Waals surface area contributed by atoms with Crippen molar-refractivity contribution in [2.24, 2.45) is 0 Å². The highest BCUT2D eigenvalue weighted by atomic mass is 127. The van der Waals surface area contributed by atoms with Gasteiger partial charge in [-0.1, -0.05) is 49.2 Å². The van der Waals surface area contributed by atoms with Crippen LogP contribution in [0.25, 0.3) is 23.1 Å². The van der Waals surface area contributed by atoms with Crippen LogP contribution in [0.15, 0.2) is 66.5 Å². The molecule has 1 aliphatic heterocycles. The van der Waals surface area contributed by atoms with E-state index in [1.165, 1.54) is 51.8 Å². The van der Waals surface area contributed by atoms with Crippen LogP contribution >= 0.6 is 0 Å². The third kappa shape index (κ3) is 4.40. The molecule has 1 aliphatic rings. The standard InChI is InChI=1S/C26H29N2.HI/c1-4-6-16-27-17-15-22(24-18-20(3)11-14-26(24)27)19-23-13-12-21-9-7-8-10-25(21)28(23)5-2;/h7-15,17-19H,4-6,16H2,1-3H3;1H/q+1;/p-1. The van der Waals surface area contributed by atoms with Crippen LogP contribution in [0.1, 0.15) is 43.4 Å². The van der Waals surface area contributed by atoms with Crippen LogP contribution in [0.4, 0.5) is 5.69 Å². The van der Waals surface area contributed by atoms with Gasteiger partial charge in [0.15, 0.2) is 6.20 Å². The summed E-state index contributed by atoms with van der Waals surface area (Å²) in [7, 11) is 0. The summed E-state index contributed by atoms with van der Waals surface area (Å²) >= 11 is 0. The minimum atomic E-state index is 0. The van der Waals surface area contributed by atoms with E-state index in [4.69, 9.17) is 0 Å². The number of anilines is 1. The molecule has 0 N–H and O–H groups in total. The predicted molar refractivity (Wildman–Crippen MR) is 120 cm³/mol. The van der Waals surface area contributed by atoms with Crippen molar-refractivity contribution in [3.8, 4) is 0 Å². The van der Waals surface area contributed by atoms with Crippen molar-refractivity contribution in [3.05, 3.63) is 83.2 Å². The average Bonchev–Trinajstić information content (AvgIpc) is 2.73.